The molecule has 1 amide bonds. The number of ether oxygens (including phenoxy) is 2. The summed E-state index contributed by atoms with van der Waals surface area (Å²) in [6.45, 7) is 3.70. The summed E-state index contributed by atoms with van der Waals surface area (Å²) in [7, 11) is 1.38. The number of carbonyl (C=O) groups excluding carboxylic acids is 1. The molecule has 0 saturated carbocycles. The second kappa shape index (κ2) is 7.45. The van der Waals surface area contributed by atoms with Crippen molar-refractivity contribution in [2.45, 2.75) is 13.8 Å². The van der Waals surface area contributed by atoms with Gasteiger partial charge in [0.1, 0.15) is 11.5 Å². The lowest BCUT2D eigenvalue weighted by molar-refractivity contribution is -0.384. The number of nitro benzene ring substituents is 1. The van der Waals surface area contributed by atoms with Crippen LogP contribution in [-0.2, 0) is 4.79 Å². The Morgan fingerprint density at radius 3 is 2.62 bits per heavy atom. The Morgan fingerprint density at radius 1 is 1.21 bits per heavy atom. The number of nitrogens with one attached hydrogen (secondary N) is 1. The Morgan fingerprint density at radius 2 is 1.96 bits per heavy atom. The highest BCUT2D eigenvalue weighted by atomic mass is 16.6. The van der Waals surface area contributed by atoms with E-state index in [9.17, 15) is 14.9 Å². The number of benzene rings is 2. The third-order valence-electron chi connectivity index (χ3n) is 3.58. The first-order chi connectivity index (χ1) is 11.4. The summed E-state index contributed by atoms with van der Waals surface area (Å²) < 4.78 is 10.6. The van der Waals surface area contributed by atoms with Gasteiger partial charge in [0.2, 0.25) is 0 Å². The first-order valence-corrected chi connectivity index (χ1v) is 7.23. The SMILES string of the molecule is COc1cc([N+](=O)[O-])ccc1NC(=O)COc1cccc(C)c1C. The third-order valence-corrected chi connectivity index (χ3v) is 3.58. The average Bonchev–Trinajstić information content (AvgIpc) is 2.56. The van der Waals surface area contributed by atoms with Crippen LogP contribution in [0.3, 0.4) is 0 Å². The van der Waals surface area contributed by atoms with Crippen LogP contribution in [-0.4, -0.2) is 24.5 Å². The molecule has 0 fully saturated rings. The molecule has 7 nitrogen and oxygen atoms in total. The molecule has 0 atom stereocenters. The van der Waals surface area contributed by atoms with Crippen LogP contribution < -0.4 is 14.8 Å². The van der Waals surface area contributed by atoms with Crippen molar-refractivity contribution >= 4 is 17.3 Å². The van der Waals surface area contributed by atoms with Crippen molar-refractivity contribution in [2.24, 2.45) is 0 Å². The van der Waals surface area contributed by atoms with E-state index in [-0.39, 0.29) is 24.0 Å². The van der Waals surface area contributed by atoms with Gasteiger partial charge in [0.25, 0.3) is 11.6 Å². The van der Waals surface area contributed by atoms with Gasteiger partial charge in [-0.3, -0.25) is 14.9 Å². The van der Waals surface area contributed by atoms with Crippen molar-refractivity contribution in [3.05, 3.63) is 57.6 Å². The first kappa shape index (κ1) is 17.3. The van der Waals surface area contributed by atoms with Gasteiger partial charge >= 0.3 is 0 Å². The van der Waals surface area contributed by atoms with Gasteiger partial charge in [0.05, 0.1) is 23.8 Å². The Labute approximate surface area is 139 Å². The summed E-state index contributed by atoms with van der Waals surface area (Å²) >= 11 is 0. The fourth-order valence-electron chi connectivity index (χ4n) is 2.11. The fourth-order valence-corrected chi connectivity index (χ4v) is 2.11. The average molecular weight is 330 g/mol. The van der Waals surface area contributed by atoms with Crippen molar-refractivity contribution in [3.63, 3.8) is 0 Å². The monoisotopic (exact) mass is 330 g/mol. The summed E-state index contributed by atoms with van der Waals surface area (Å²) in [5.41, 5.74) is 2.28. The highest BCUT2D eigenvalue weighted by Crippen LogP contribution is 2.29. The van der Waals surface area contributed by atoms with Crippen LogP contribution in [0.15, 0.2) is 36.4 Å². The molecule has 0 aromatic heterocycles. The minimum absolute atomic E-state index is 0.114. The molecule has 24 heavy (non-hydrogen) atoms. The highest BCUT2D eigenvalue weighted by molar-refractivity contribution is 5.93. The summed E-state index contributed by atoms with van der Waals surface area (Å²) in [5.74, 6) is 0.466. The number of anilines is 1. The summed E-state index contributed by atoms with van der Waals surface area (Å²) in [6.07, 6.45) is 0. The van der Waals surface area contributed by atoms with Gasteiger partial charge in [-0.2, -0.15) is 0 Å². The molecule has 1 N–H and O–H groups in total. The van der Waals surface area contributed by atoms with Gasteiger partial charge < -0.3 is 14.8 Å². The molecule has 0 heterocycles. The van der Waals surface area contributed by atoms with Crippen LogP contribution in [0, 0.1) is 24.0 Å². The molecule has 0 aliphatic rings. The van der Waals surface area contributed by atoms with E-state index in [4.69, 9.17) is 9.47 Å². The zero-order valence-electron chi connectivity index (χ0n) is 13.7. The molecule has 0 bridgehead atoms. The van der Waals surface area contributed by atoms with Crippen molar-refractivity contribution in [2.75, 3.05) is 19.0 Å². The van der Waals surface area contributed by atoms with E-state index in [1.807, 2.05) is 26.0 Å². The number of amides is 1. The zero-order chi connectivity index (χ0) is 17.7. The number of rotatable bonds is 6. The maximum atomic E-state index is 12.0. The molecule has 0 spiro atoms. The smallest absolute Gasteiger partial charge is 0.273 e. The lowest BCUT2D eigenvalue weighted by atomic mass is 10.1. The Bertz CT molecular complexity index is 774. The van der Waals surface area contributed by atoms with E-state index < -0.39 is 4.92 Å². The molecule has 2 rings (SSSR count). The quantitative estimate of drug-likeness (QED) is 0.648. The number of nitro groups is 1. The van der Waals surface area contributed by atoms with Gasteiger partial charge in [-0.25, -0.2) is 0 Å². The fraction of sp³-hybridized carbons (Fsp3) is 0.235. The predicted octanol–water partition coefficient (Wildman–Crippen LogP) is 3.24. The standard InChI is InChI=1S/C17H18N2O5/c1-11-5-4-6-15(12(11)2)24-10-17(20)18-14-8-7-13(19(21)22)9-16(14)23-3/h4-9H,10H2,1-3H3,(H,18,20). The second-order valence-electron chi connectivity index (χ2n) is 5.18. The molecular formula is C17H18N2O5. The minimum atomic E-state index is -0.530. The van der Waals surface area contributed by atoms with E-state index in [0.29, 0.717) is 11.4 Å². The van der Waals surface area contributed by atoms with Crippen LogP contribution >= 0.6 is 0 Å². The zero-order valence-corrected chi connectivity index (χ0v) is 13.7. The molecule has 0 aliphatic carbocycles. The number of hydrogen-bond acceptors (Lipinski definition) is 5. The van der Waals surface area contributed by atoms with Gasteiger partial charge in [-0.05, 0) is 37.1 Å². The summed E-state index contributed by atoms with van der Waals surface area (Å²) in [4.78, 5) is 22.3. The summed E-state index contributed by atoms with van der Waals surface area (Å²) in [6, 6.07) is 9.58. The molecule has 0 aliphatic heterocycles. The molecule has 2 aromatic rings. The molecule has 0 radical (unpaired) electrons. The molecular weight excluding hydrogens is 312 g/mol. The maximum Gasteiger partial charge on any atom is 0.273 e. The second-order valence-corrected chi connectivity index (χ2v) is 5.18. The van der Waals surface area contributed by atoms with Crippen LogP contribution in [0.5, 0.6) is 11.5 Å². The highest BCUT2D eigenvalue weighted by Gasteiger charge is 2.14. The largest absolute Gasteiger partial charge is 0.494 e. The molecule has 7 heteroatoms. The van der Waals surface area contributed by atoms with E-state index in [0.717, 1.165) is 11.1 Å². The number of hydrogen-bond donors (Lipinski definition) is 1. The number of methoxy groups -OCH3 is 1. The minimum Gasteiger partial charge on any atom is -0.494 e. The lowest BCUT2D eigenvalue weighted by Gasteiger charge is -2.12. The lowest BCUT2D eigenvalue weighted by Crippen LogP contribution is -2.20. The number of nitrogens with zero attached hydrogens (tertiary/aromatic N) is 1. The van der Waals surface area contributed by atoms with Crippen molar-refractivity contribution in [1.82, 2.24) is 0 Å². The van der Waals surface area contributed by atoms with Gasteiger partial charge in [-0.1, -0.05) is 12.1 Å². The molecule has 0 saturated heterocycles. The first-order valence-electron chi connectivity index (χ1n) is 7.23. The molecule has 2 aromatic carbocycles. The third kappa shape index (κ3) is 4.01. The van der Waals surface area contributed by atoms with E-state index in [2.05, 4.69) is 5.32 Å². The van der Waals surface area contributed by atoms with Crippen LogP contribution in [0.4, 0.5) is 11.4 Å². The van der Waals surface area contributed by atoms with Crippen molar-refractivity contribution < 1.29 is 19.2 Å². The van der Waals surface area contributed by atoms with Gasteiger partial charge in [0, 0.05) is 6.07 Å². The maximum absolute atomic E-state index is 12.0. The number of carbonyl (C=O) groups is 1. The normalized spacial score (nSPS) is 10.1. The molecule has 126 valence electrons. The van der Waals surface area contributed by atoms with Crippen LogP contribution in [0.1, 0.15) is 11.1 Å². The Hall–Kier alpha value is -3.09. The van der Waals surface area contributed by atoms with Crippen molar-refractivity contribution in [1.29, 1.82) is 0 Å². The predicted molar refractivity (Wildman–Crippen MR) is 89.7 cm³/mol. The van der Waals surface area contributed by atoms with Crippen molar-refractivity contribution in [3.8, 4) is 11.5 Å². The van der Waals surface area contributed by atoms with Crippen LogP contribution in [0.25, 0.3) is 0 Å². The number of non-ortho nitro benzene ring substituents is 1. The molecule has 0 unspecified atom stereocenters. The van der Waals surface area contributed by atoms with E-state index in [1.54, 1.807) is 6.07 Å². The number of aryl methyl sites for hydroxylation is 1. The van der Waals surface area contributed by atoms with Gasteiger partial charge in [-0.15, -0.1) is 0 Å². The van der Waals surface area contributed by atoms with Gasteiger partial charge in [0.15, 0.2) is 6.61 Å². The Kier molecular flexibility index (Phi) is 5.36. The topological polar surface area (TPSA) is 90.7 Å². The Balaban J connectivity index is 2.04. The summed E-state index contributed by atoms with van der Waals surface area (Å²) in [5, 5.41) is 13.4. The van der Waals surface area contributed by atoms with E-state index in [1.165, 1.54) is 25.3 Å². The van der Waals surface area contributed by atoms with Crippen LogP contribution in [0.2, 0.25) is 0 Å². The van der Waals surface area contributed by atoms with E-state index >= 15 is 0 Å².